The van der Waals surface area contributed by atoms with Crippen LogP contribution in [0.25, 0.3) is 5.69 Å². The molecule has 0 fully saturated rings. The van der Waals surface area contributed by atoms with E-state index in [1.807, 2.05) is 24.3 Å². The van der Waals surface area contributed by atoms with Crippen LogP contribution in [0.15, 0.2) is 24.4 Å². The summed E-state index contributed by atoms with van der Waals surface area (Å²) >= 11 is 0. The predicted molar refractivity (Wildman–Crippen MR) is 84.8 cm³/mol. The molecule has 0 spiro atoms. The van der Waals surface area contributed by atoms with Gasteiger partial charge in [0.2, 0.25) is 0 Å². The SMILES string of the molecule is COC(=O)c1c(N)c(C#N)cn1-c1ccc2c(c1)OCC2(C)C. The number of nitriles is 1. The second kappa shape index (κ2) is 5.06. The maximum atomic E-state index is 12.0. The Labute approximate surface area is 134 Å². The van der Waals surface area contributed by atoms with Crippen LogP contribution < -0.4 is 10.5 Å². The van der Waals surface area contributed by atoms with Gasteiger partial charge in [-0.15, -0.1) is 0 Å². The largest absolute Gasteiger partial charge is 0.492 e. The van der Waals surface area contributed by atoms with E-state index in [2.05, 4.69) is 13.8 Å². The van der Waals surface area contributed by atoms with E-state index in [9.17, 15) is 4.79 Å². The normalized spacial score (nSPS) is 14.7. The molecule has 118 valence electrons. The van der Waals surface area contributed by atoms with E-state index in [1.54, 1.807) is 4.57 Å². The molecule has 0 radical (unpaired) electrons. The fraction of sp³-hybridized carbons (Fsp3) is 0.294. The summed E-state index contributed by atoms with van der Waals surface area (Å²) in [7, 11) is 1.28. The van der Waals surface area contributed by atoms with Gasteiger partial charge in [0.15, 0.2) is 5.69 Å². The van der Waals surface area contributed by atoms with Crippen molar-refractivity contribution < 1.29 is 14.3 Å². The Balaban J connectivity index is 2.17. The number of ether oxygens (including phenoxy) is 2. The summed E-state index contributed by atoms with van der Waals surface area (Å²) in [5.41, 5.74) is 8.14. The van der Waals surface area contributed by atoms with Gasteiger partial charge < -0.3 is 19.8 Å². The first kappa shape index (κ1) is 15.0. The molecule has 1 aromatic carbocycles. The van der Waals surface area contributed by atoms with E-state index >= 15 is 0 Å². The van der Waals surface area contributed by atoms with Gasteiger partial charge in [0.1, 0.15) is 11.8 Å². The van der Waals surface area contributed by atoms with E-state index in [0.29, 0.717) is 12.3 Å². The number of carbonyl (C=O) groups excluding carboxylic acids is 1. The van der Waals surface area contributed by atoms with Crippen molar-refractivity contribution in [3.63, 3.8) is 0 Å². The van der Waals surface area contributed by atoms with Gasteiger partial charge in [0.05, 0.1) is 25.0 Å². The number of carbonyl (C=O) groups is 1. The molecule has 0 amide bonds. The van der Waals surface area contributed by atoms with Gasteiger partial charge in [-0.25, -0.2) is 4.79 Å². The fourth-order valence-electron chi connectivity index (χ4n) is 2.79. The van der Waals surface area contributed by atoms with Crippen LogP contribution in [0, 0.1) is 11.3 Å². The summed E-state index contributed by atoms with van der Waals surface area (Å²) in [6.07, 6.45) is 1.53. The standard InChI is InChI=1S/C17H17N3O3/c1-17(2)9-23-13-6-11(4-5-12(13)17)20-8-10(7-18)14(19)15(20)16(21)22-3/h4-6,8H,9,19H2,1-3H3. The molecule has 0 bridgehead atoms. The maximum absolute atomic E-state index is 12.0. The van der Waals surface area contributed by atoms with Crippen LogP contribution in [0.2, 0.25) is 0 Å². The monoisotopic (exact) mass is 311 g/mol. The molecule has 6 heteroatoms. The van der Waals surface area contributed by atoms with Gasteiger partial charge in [0.25, 0.3) is 0 Å². The quantitative estimate of drug-likeness (QED) is 0.860. The average molecular weight is 311 g/mol. The number of anilines is 1. The zero-order valence-electron chi connectivity index (χ0n) is 13.2. The third kappa shape index (κ3) is 2.21. The summed E-state index contributed by atoms with van der Waals surface area (Å²) in [5, 5.41) is 9.16. The molecule has 0 aliphatic carbocycles. The Bertz CT molecular complexity index is 843. The second-order valence-electron chi connectivity index (χ2n) is 6.13. The van der Waals surface area contributed by atoms with Crippen molar-refractivity contribution in [2.24, 2.45) is 0 Å². The molecule has 1 aliphatic heterocycles. The van der Waals surface area contributed by atoms with Crippen LogP contribution in [0.4, 0.5) is 5.69 Å². The molecule has 2 heterocycles. The summed E-state index contributed by atoms with van der Waals surface area (Å²) in [5.74, 6) is 0.180. The lowest BCUT2D eigenvalue weighted by atomic mass is 9.87. The lowest BCUT2D eigenvalue weighted by molar-refractivity contribution is 0.0593. The number of methoxy groups -OCH3 is 1. The molecule has 1 aliphatic rings. The van der Waals surface area contributed by atoms with Crippen LogP contribution in [-0.2, 0) is 10.2 Å². The molecule has 2 N–H and O–H groups in total. The highest BCUT2D eigenvalue weighted by molar-refractivity contribution is 5.96. The maximum Gasteiger partial charge on any atom is 0.357 e. The predicted octanol–water partition coefficient (Wildman–Crippen LogP) is 2.39. The van der Waals surface area contributed by atoms with Gasteiger partial charge >= 0.3 is 5.97 Å². The Hall–Kier alpha value is -2.94. The average Bonchev–Trinajstić information content (AvgIpc) is 3.03. The first-order valence-corrected chi connectivity index (χ1v) is 7.16. The Morgan fingerprint density at radius 2 is 2.22 bits per heavy atom. The van der Waals surface area contributed by atoms with E-state index in [-0.39, 0.29) is 22.4 Å². The van der Waals surface area contributed by atoms with Gasteiger partial charge in [-0.1, -0.05) is 19.9 Å². The van der Waals surface area contributed by atoms with Crippen molar-refractivity contribution in [1.82, 2.24) is 4.57 Å². The minimum Gasteiger partial charge on any atom is -0.492 e. The lowest BCUT2D eigenvalue weighted by Gasteiger charge is -2.15. The van der Waals surface area contributed by atoms with Crippen molar-refractivity contribution in [3.05, 3.63) is 41.2 Å². The third-order valence-electron chi connectivity index (χ3n) is 4.10. The molecular formula is C17H17N3O3. The van der Waals surface area contributed by atoms with Crippen molar-refractivity contribution >= 4 is 11.7 Å². The highest BCUT2D eigenvalue weighted by Crippen LogP contribution is 2.39. The Kier molecular flexibility index (Phi) is 3.29. The van der Waals surface area contributed by atoms with Crippen LogP contribution >= 0.6 is 0 Å². The lowest BCUT2D eigenvalue weighted by Crippen LogP contribution is -2.18. The molecule has 0 atom stereocenters. The van der Waals surface area contributed by atoms with Crippen molar-refractivity contribution in [2.45, 2.75) is 19.3 Å². The number of rotatable bonds is 2. The van der Waals surface area contributed by atoms with Gasteiger partial charge in [-0.2, -0.15) is 5.26 Å². The smallest absolute Gasteiger partial charge is 0.357 e. The highest BCUT2D eigenvalue weighted by Gasteiger charge is 2.32. The molecular weight excluding hydrogens is 294 g/mol. The molecule has 0 unspecified atom stereocenters. The molecule has 3 rings (SSSR count). The summed E-state index contributed by atoms with van der Waals surface area (Å²) < 4.78 is 12.1. The van der Waals surface area contributed by atoms with Crippen molar-refractivity contribution in [1.29, 1.82) is 5.26 Å². The second-order valence-corrected chi connectivity index (χ2v) is 6.13. The van der Waals surface area contributed by atoms with E-state index in [1.165, 1.54) is 13.3 Å². The fourth-order valence-corrected chi connectivity index (χ4v) is 2.79. The molecule has 1 aromatic heterocycles. The molecule has 23 heavy (non-hydrogen) atoms. The Morgan fingerprint density at radius 1 is 1.48 bits per heavy atom. The number of fused-ring (bicyclic) bond motifs is 1. The van der Waals surface area contributed by atoms with Crippen LogP contribution in [0.1, 0.15) is 35.5 Å². The first-order chi connectivity index (χ1) is 10.9. The third-order valence-corrected chi connectivity index (χ3v) is 4.10. The van der Waals surface area contributed by atoms with Gasteiger partial charge in [0, 0.05) is 28.9 Å². The van der Waals surface area contributed by atoms with Crippen LogP contribution in [0.3, 0.4) is 0 Å². The zero-order chi connectivity index (χ0) is 16.8. The zero-order valence-corrected chi connectivity index (χ0v) is 13.2. The Morgan fingerprint density at radius 3 is 2.87 bits per heavy atom. The minimum atomic E-state index is -0.592. The molecule has 2 aromatic rings. The first-order valence-electron chi connectivity index (χ1n) is 7.16. The molecule has 6 nitrogen and oxygen atoms in total. The number of hydrogen-bond donors (Lipinski definition) is 1. The number of benzene rings is 1. The van der Waals surface area contributed by atoms with E-state index < -0.39 is 5.97 Å². The van der Waals surface area contributed by atoms with Crippen molar-refractivity contribution in [2.75, 3.05) is 19.5 Å². The minimum absolute atomic E-state index is 0.0490. The summed E-state index contributed by atoms with van der Waals surface area (Å²) in [6, 6.07) is 7.68. The van der Waals surface area contributed by atoms with Gasteiger partial charge in [-0.05, 0) is 6.07 Å². The van der Waals surface area contributed by atoms with Crippen LogP contribution in [0.5, 0.6) is 5.75 Å². The van der Waals surface area contributed by atoms with E-state index in [0.717, 1.165) is 11.3 Å². The summed E-state index contributed by atoms with van der Waals surface area (Å²) in [4.78, 5) is 12.0. The molecule has 0 saturated carbocycles. The van der Waals surface area contributed by atoms with E-state index in [4.69, 9.17) is 20.5 Å². The van der Waals surface area contributed by atoms with Crippen molar-refractivity contribution in [3.8, 4) is 17.5 Å². The van der Waals surface area contributed by atoms with Crippen LogP contribution in [-0.4, -0.2) is 24.3 Å². The molecule has 0 saturated heterocycles. The number of hydrogen-bond acceptors (Lipinski definition) is 5. The highest BCUT2D eigenvalue weighted by atomic mass is 16.5. The number of esters is 1. The summed E-state index contributed by atoms with van der Waals surface area (Å²) in [6.45, 7) is 4.83. The number of nitrogens with two attached hydrogens (primary N) is 1. The number of nitrogens with zero attached hydrogens (tertiary/aromatic N) is 2. The topological polar surface area (TPSA) is 90.3 Å². The number of aromatic nitrogens is 1. The number of nitrogen functional groups attached to an aromatic ring is 1. The van der Waals surface area contributed by atoms with Gasteiger partial charge in [-0.3, -0.25) is 0 Å².